The van der Waals surface area contributed by atoms with Crippen molar-refractivity contribution in [2.45, 2.75) is 31.2 Å². The van der Waals surface area contributed by atoms with Crippen molar-refractivity contribution < 1.29 is 29.3 Å². The van der Waals surface area contributed by atoms with Crippen LogP contribution in [0.5, 0.6) is 0 Å². The molecule has 0 radical (unpaired) electrons. The summed E-state index contributed by atoms with van der Waals surface area (Å²) in [6.07, 6.45) is 0.652. The second kappa shape index (κ2) is 9.15. The molecule has 0 aliphatic carbocycles. The van der Waals surface area contributed by atoms with Gasteiger partial charge >= 0.3 is 5.97 Å². The van der Waals surface area contributed by atoms with Crippen LogP contribution in [0.1, 0.15) is 28.8 Å². The summed E-state index contributed by atoms with van der Waals surface area (Å²) < 4.78 is 5.89. The lowest BCUT2D eigenvalue weighted by molar-refractivity contribution is -0.394. The predicted octanol–water partition coefficient (Wildman–Crippen LogP) is 2.42. The smallest absolute Gasteiger partial charge is 0.328 e. The summed E-state index contributed by atoms with van der Waals surface area (Å²) in [5.74, 6) is -2.13. The fraction of sp³-hybridized carbons (Fsp3) is 0.364. The highest BCUT2D eigenvalue weighted by atomic mass is 16.6. The molecule has 2 fully saturated rings. The number of piperidine rings is 1. The largest absolute Gasteiger partial charge is 0.480 e. The second-order valence-electron chi connectivity index (χ2n) is 8.30. The van der Waals surface area contributed by atoms with Crippen LogP contribution in [0.2, 0.25) is 0 Å². The Balaban J connectivity index is 1.62. The van der Waals surface area contributed by atoms with Gasteiger partial charge in [0.25, 0.3) is 17.3 Å². The topological polar surface area (TPSA) is 156 Å². The van der Waals surface area contributed by atoms with Crippen LogP contribution in [0.3, 0.4) is 0 Å². The number of rotatable bonds is 6. The molecule has 0 aromatic heterocycles. The van der Waals surface area contributed by atoms with Crippen molar-refractivity contribution in [2.75, 3.05) is 19.7 Å². The average molecular weight is 470 g/mol. The molecule has 1 spiro atoms. The van der Waals surface area contributed by atoms with Gasteiger partial charge in [-0.25, -0.2) is 4.79 Å². The fourth-order valence-corrected chi connectivity index (χ4v) is 4.53. The van der Waals surface area contributed by atoms with Crippen molar-refractivity contribution in [3.05, 3.63) is 79.9 Å². The number of likely N-dealkylation sites (tertiary alicyclic amines) is 1. The molecular formula is C22H22N4O8. The Morgan fingerprint density at radius 2 is 1.62 bits per heavy atom. The van der Waals surface area contributed by atoms with Crippen LogP contribution in [0, 0.1) is 20.2 Å². The molecule has 0 bridgehead atoms. The van der Waals surface area contributed by atoms with E-state index in [2.05, 4.69) is 4.90 Å². The summed E-state index contributed by atoms with van der Waals surface area (Å²) in [7, 11) is 0. The minimum atomic E-state index is -1.31. The first kappa shape index (κ1) is 23.3. The number of aliphatic carboxylic acids is 1. The standard InChI is InChI=1S/C22H22N4O8/c27-20(16-10-17(25(30)31)12-18(11-16)26(32)33)24-19(21(28)29)14-34-22(24)6-8-23(9-7-22)13-15-4-2-1-3-5-15/h1-5,10-12,19H,6-9,13-14H2,(H,28,29)/t19-/m0/s1. The van der Waals surface area contributed by atoms with Crippen LogP contribution in [-0.2, 0) is 16.1 Å². The number of amides is 1. The van der Waals surface area contributed by atoms with E-state index in [9.17, 15) is 34.9 Å². The predicted molar refractivity (Wildman–Crippen MR) is 117 cm³/mol. The monoisotopic (exact) mass is 470 g/mol. The zero-order valence-corrected chi connectivity index (χ0v) is 18.0. The first-order chi connectivity index (χ1) is 16.2. The van der Waals surface area contributed by atoms with E-state index < -0.39 is 44.9 Å². The van der Waals surface area contributed by atoms with E-state index in [1.54, 1.807) is 0 Å². The molecular weight excluding hydrogens is 448 g/mol. The molecule has 2 aromatic rings. The highest BCUT2D eigenvalue weighted by molar-refractivity contribution is 5.98. The highest BCUT2D eigenvalue weighted by Gasteiger charge is 2.54. The summed E-state index contributed by atoms with van der Waals surface area (Å²) in [6.45, 7) is 1.50. The maximum Gasteiger partial charge on any atom is 0.328 e. The van der Waals surface area contributed by atoms with Gasteiger partial charge in [0.05, 0.1) is 28.1 Å². The zero-order chi connectivity index (χ0) is 24.5. The highest BCUT2D eigenvalue weighted by Crippen LogP contribution is 2.39. The van der Waals surface area contributed by atoms with Gasteiger partial charge in [0, 0.05) is 44.6 Å². The maximum absolute atomic E-state index is 13.5. The van der Waals surface area contributed by atoms with Crippen molar-refractivity contribution in [3.8, 4) is 0 Å². The lowest BCUT2D eigenvalue weighted by Crippen LogP contribution is -2.58. The molecule has 0 unspecified atom stereocenters. The van der Waals surface area contributed by atoms with Gasteiger partial charge in [-0.1, -0.05) is 30.3 Å². The third-order valence-corrected chi connectivity index (χ3v) is 6.22. The van der Waals surface area contributed by atoms with E-state index in [0.29, 0.717) is 32.5 Å². The first-order valence-corrected chi connectivity index (χ1v) is 10.6. The number of nitro groups is 2. The quantitative estimate of drug-likeness (QED) is 0.494. The van der Waals surface area contributed by atoms with E-state index in [-0.39, 0.29) is 12.2 Å². The van der Waals surface area contributed by atoms with Gasteiger partial charge in [0.1, 0.15) is 5.72 Å². The Morgan fingerprint density at radius 3 is 2.15 bits per heavy atom. The number of ether oxygens (including phenoxy) is 1. The molecule has 2 aromatic carbocycles. The average Bonchev–Trinajstić information content (AvgIpc) is 3.19. The lowest BCUT2D eigenvalue weighted by atomic mass is 9.96. The second-order valence-corrected chi connectivity index (χ2v) is 8.30. The van der Waals surface area contributed by atoms with Crippen molar-refractivity contribution in [2.24, 2.45) is 0 Å². The Kier molecular flexibility index (Phi) is 6.26. The number of carbonyl (C=O) groups is 2. The molecule has 1 N–H and O–H groups in total. The van der Waals surface area contributed by atoms with E-state index in [0.717, 1.165) is 28.7 Å². The number of nitro benzene ring substituents is 2. The number of benzene rings is 2. The summed E-state index contributed by atoms with van der Waals surface area (Å²) in [4.78, 5) is 49.5. The SMILES string of the molecule is O=C(O)[C@@H]1COC2(CCN(Cc3ccccc3)CC2)N1C(=O)c1cc([N+](=O)[O-])cc([N+](=O)[O-])c1. The maximum atomic E-state index is 13.5. The van der Waals surface area contributed by atoms with Crippen molar-refractivity contribution in [1.82, 2.24) is 9.80 Å². The van der Waals surface area contributed by atoms with Crippen molar-refractivity contribution >= 4 is 23.3 Å². The Hall–Kier alpha value is -3.90. The normalized spacial score (nSPS) is 19.8. The van der Waals surface area contributed by atoms with Gasteiger partial charge in [-0.05, 0) is 5.56 Å². The van der Waals surface area contributed by atoms with Gasteiger partial charge in [-0.3, -0.25) is 34.8 Å². The zero-order valence-electron chi connectivity index (χ0n) is 18.0. The molecule has 0 saturated carbocycles. The molecule has 2 aliphatic heterocycles. The summed E-state index contributed by atoms with van der Waals surface area (Å²) in [5.41, 5.74) is -1.69. The van der Waals surface area contributed by atoms with Crippen LogP contribution in [-0.4, -0.2) is 68.1 Å². The number of non-ortho nitro benzene ring substituents is 2. The number of nitrogens with zero attached hydrogens (tertiary/aromatic N) is 4. The molecule has 2 heterocycles. The number of hydrogen-bond acceptors (Lipinski definition) is 8. The molecule has 2 saturated heterocycles. The molecule has 12 nitrogen and oxygen atoms in total. The van der Waals surface area contributed by atoms with Crippen molar-refractivity contribution in [1.29, 1.82) is 0 Å². The minimum Gasteiger partial charge on any atom is -0.480 e. The number of carboxylic acids is 1. The van der Waals surface area contributed by atoms with E-state index in [1.807, 2.05) is 30.3 Å². The molecule has 12 heteroatoms. The molecule has 1 amide bonds. The van der Waals surface area contributed by atoms with Crippen LogP contribution < -0.4 is 0 Å². The van der Waals surface area contributed by atoms with E-state index >= 15 is 0 Å². The number of hydrogen-bond donors (Lipinski definition) is 1. The molecule has 4 rings (SSSR count). The van der Waals surface area contributed by atoms with Crippen LogP contribution in [0.25, 0.3) is 0 Å². The number of carbonyl (C=O) groups excluding carboxylic acids is 1. The van der Waals surface area contributed by atoms with E-state index in [1.165, 1.54) is 0 Å². The van der Waals surface area contributed by atoms with Gasteiger partial charge in [-0.2, -0.15) is 0 Å². The van der Waals surface area contributed by atoms with Crippen LogP contribution >= 0.6 is 0 Å². The summed E-state index contributed by atoms with van der Waals surface area (Å²) in [5, 5.41) is 32.2. The third-order valence-electron chi connectivity index (χ3n) is 6.22. The Morgan fingerprint density at radius 1 is 1.03 bits per heavy atom. The third kappa shape index (κ3) is 4.45. The van der Waals surface area contributed by atoms with Gasteiger partial charge in [0.15, 0.2) is 6.04 Å². The van der Waals surface area contributed by atoms with E-state index in [4.69, 9.17) is 4.74 Å². The van der Waals surface area contributed by atoms with Gasteiger partial charge in [0.2, 0.25) is 0 Å². The summed E-state index contributed by atoms with van der Waals surface area (Å²) in [6, 6.07) is 11.1. The Bertz CT molecular complexity index is 1100. The number of carboxylic acid groups (broad SMARTS) is 1. The lowest BCUT2D eigenvalue weighted by Gasteiger charge is -2.44. The summed E-state index contributed by atoms with van der Waals surface area (Å²) >= 11 is 0. The Labute approximate surface area is 193 Å². The molecule has 1 atom stereocenters. The molecule has 178 valence electrons. The van der Waals surface area contributed by atoms with Gasteiger partial charge < -0.3 is 9.84 Å². The van der Waals surface area contributed by atoms with Gasteiger partial charge in [-0.15, -0.1) is 0 Å². The fourth-order valence-electron chi connectivity index (χ4n) is 4.53. The van der Waals surface area contributed by atoms with Crippen molar-refractivity contribution in [3.63, 3.8) is 0 Å². The van der Waals surface area contributed by atoms with Crippen LogP contribution in [0.4, 0.5) is 11.4 Å². The minimum absolute atomic E-state index is 0.239. The van der Waals surface area contributed by atoms with Crippen LogP contribution in [0.15, 0.2) is 48.5 Å². The molecule has 2 aliphatic rings. The molecule has 34 heavy (non-hydrogen) atoms. The first-order valence-electron chi connectivity index (χ1n) is 10.6.